The summed E-state index contributed by atoms with van der Waals surface area (Å²) in [6.07, 6.45) is 2.10. The zero-order chi connectivity index (χ0) is 21.0. The van der Waals surface area contributed by atoms with Crippen molar-refractivity contribution in [2.75, 3.05) is 0 Å². The van der Waals surface area contributed by atoms with E-state index in [0.717, 1.165) is 23.3 Å². The maximum atomic E-state index is 12.8. The molecule has 0 saturated carbocycles. The average Bonchev–Trinajstić information content (AvgIpc) is 3.29. The molecule has 8 heteroatoms. The summed E-state index contributed by atoms with van der Waals surface area (Å²) < 4.78 is 1.39. The van der Waals surface area contributed by atoms with Crippen LogP contribution in [0.2, 0.25) is 0 Å². The van der Waals surface area contributed by atoms with E-state index in [1.165, 1.54) is 10.2 Å². The van der Waals surface area contributed by atoms with Gasteiger partial charge in [0.15, 0.2) is 0 Å². The van der Waals surface area contributed by atoms with Gasteiger partial charge in [-0.1, -0.05) is 43.7 Å². The van der Waals surface area contributed by atoms with E-state index in [9.17, 15) is 14.9 Å². The second-order valence-electron chi connectivity index (χ2n) is 6.94. The molecule has 1 amide bonds. The first kappa shape index (κ1) is 20.7. The van der Waals surface area contributed by atoms with Crippen LogP contribution in [0.3, 0.4) is 0 Å². The van der Waals surface area contributed by atoms with Crippen LogP contribution in [-0.2, 0) is 17.8 Å². The van der Waals surface area contributed by atoms with Crippen LogP contribution in [0.25, 0.3) is 0 Å². The minimum Gasteiger partial charge on any atom is -0.343 e. The number of aromatic nitrogens is 2. The summed E-state index contributed by atoms with van der Waals surface area (Å²) >= 11 is 1.58. The van der Waals surface area contributed by atoms with Gasteiger partial charge in [0.05, 0.1) is 11.0 Å². The summed E-state index contributed by atoms with van der Waals surface area (Å²) in [6.45, 7) is 5.25. The number of hydrogen-bond donors (Lipinski definition) is 1. The zero-order valence-electron chi connectivity index (χ0n) is 16.7. The number of carbonyl (C=O) groups excluding carboxylic acids is 1. The Bertz CT molecular complexity index is 994. The number of carbonyl (C=O) groups is 1. The van der Waals surface area contributed by atoms with E-state index in [4.69, 9.17) is 0 Å². The Kier molecular flexibility index (Phi) is 6.43. The number of nitrogens with zero attached hydrogens (tertiary/aromatic N) is 3. The number of thiophene rings is 1. The van der Waals surface area contributed by atoms with Crippen molar-refractivity contribution in [2.24, 2.45) is 0 Å². The predicted molar refractivity (Wildman–Crippen MR) is 113 cm³/mol. The van der Waals surface area contributed by atoms with E-state index >= 15 is 0 Å². The highest BCUT2D eigenvalue weighted by molar-refractivity contribution is 7.10. The SMILES string of the molecule is CCCc1ccc(C(NC(=O)Cn2nc(C)c([N+](=O)[O-])c2C)c2cccs2)cc1. The zero-order valence-corrected chi connectivity index (χ0v) is 17.5. The van der Waals surface area contributed by atoms with Gasteiger partial charge < -0.3 is 5.32 Å². The van der Waals surface area contributed by atoms with Crippen molar-refractivity contribution in [3.8, 4) is 0 Å². The highest BCUT2D eigenvalue weighted by atomic mass is 32.1. The minimum atomic E-state index is -0.460. The fourth-order valence-corrected chi connectivity index (χ4v) is 4.19. The van der Waals surface area contributed by atoms with Gasteiger partial charge in [-0.15, -0.1) is 11.3 Å². The molecule has 0 fully saturated rings. The first-order chi connectivity index (χ1) is 13.9. The summed E-state index contributed by atoms with van der Waals surface area (Å²) in [7, 11) is 0. The number of nitro groups is 1. The van der Waals surface area contributed by atoms with Crippen molar-refractivity contribution in [3.05, 3.63) is 79.3 Å². The molecule has 1 aromatic carbocycles. The topological polar surface area (TPSA) is 90.1 Å². The Morgan fingerprint density at radius 2 is 2.00 bits per heavy atom. The van der Waals surface area contributed by atoms with Gasteiger partial charge in [-0.05, 0) is 42.8 Å². The quantitative estimate of drug-likeness (QED) is 0.440. The normalized spacial score (nSPS) is 12.0. The second kappa shape index (κ2) is 9.00. The minimum absolute atomic E-state index is 0.0425. The predicted octanol–water partition coefficient (Wildman–Crippen LogP) is 4.33. The van der Waals surface area contributed by atoms with Gasteiger partial charge in [-0.3, -0.25) is 19.6 Å². The molecule has 0 bridgehead atoms. The third kappa shape index (κ3) is 4.71. The lowest BCUT2D eigenvalue weighted by atomic mass is 10.0. The fraction of sp³-hybridized carbons (Fsp3) is 0.333. The first-order valence-corrected chi connectivity index (χ1v) is 10.4. The molecule has 3 aromatic rings. The van der Waals surface area contributed by atoms with Crippen LogP contribution in [0.1, 0.15) is 46.8 Å². The van der Waals surface area contributed by atoms with Gasteiger partial charge in [0.2, 0.25) is 5.91 Å². The molecule has 2 heterocycles. The highest BCUT2D eigenvalue weighted by Gasteiger charge is 2.24. The molecule has 0 aliphatic rings. The lowest BCUT2D eigenvalue weighted by Crippen LogP contribution is -2.32. The third-order valence-electron chi connectivity index (χ3n) is 4.80. The molecule has 1 N–H and O–H groups in total. The molecule has 0 saturated heterocycles. The lowest BCUT2D eigenvalue weighted by Gasteiger charge is -2.19. The van der Waals surface area contributed by atoms with Gasteiger partial charge in [0, 0.05) is 4.88 Å². The molecular weight excluding hydrogens is 388 g/mol. The standard InChI is InChI=1S/C21H24N4O3S/c1-4-6-16-8-10-17(11-9-16)20(18-7-5-12-29-18)22-19(26)13-24-15(3)21(25(27)28)14(2)23-24/h5,7-12,20H,4,6,13H2,1-3H3,(H,22,26). The van der Waals surface area contributed by atoms with Crippen LogP contribution < -0.4 is 5.32 Å². The molecule has 0 radical (unpaired) electrons. The lowest BCUT2D eigenvalue weighted by molar-refractivity contribution is -0.386. The number of hydrogen-bond acceptors (Lipinski definition) is 5. The molecule has 2 aromatic heterocycles. The van der Waals surface area contributed by atoms with E-state index in [1.807, 2.05) is 29.6 Å². The molecule has 1 atom stereocenters. The Hall–Kier alpha value is -3.00. The molecule has 0 aliphatic carbocycles. The Morgan fingerprint density at radius 1 is 1.28 bits per heavy atom. The van der Waals surface area contributed by atoms with Crippen LogP contribution >= 0.6 is 11.3 Å². The maximum absolute atomic E-state index is 12.8. The van der Waals surface area contributed by atoms with Gasteiger partial charge >= 0.3 is 5.69 Å². The Morgan fingerprint density at radius 3 is 2.55 bits per heavy atom. The summed E-state index contributed by atoms with van der Waals surface area (Å²) in [5, 5.41) is 20.4. The van der Waals surface area contributed by atoms with Crippen molar-refractivity contribution in [3.63, 3.8) is 0 Å². The molecule has 3 rings (SSSR count). The van der Waals surface area contributed by atoms with E-state index in [-0.39, 0.29) is 24.2 Å². The monoisotopic (exact) mass is 412 g/mol. The van der Waals surface area contributed by atoms with Gasteiger partial charge in [0.25, 0.3) is 0 Å². The smallest absolute Gasteiger partial charge is 0.312 e. The largest absolute Gasteiger partial charge is 0.343 e. The molecule has 29 heavy (non-hydrogen) atoms. The van der Waals surface area contributed by atoms with E-state index in [0.29, 0.717) is 11.4 Å². The van der Waals surface area contributed by atoms with Crippen molar-refractivity contribution in [2.45, 2.75) is 46.2 Å². The van der Waals surface area contributed by atoms with Crippen molar-refractivity contribution < 1.29 is 9.72 Å². The van der Waals surface area contributed by atoms with Gasteiger partial charge in [0.1, 0.15) is 17.9 Å². The summed E-state index contributed by atoms with van der Waals surface area (Å²) in [6, 6.07) is 11.9. The molecular formula is C21H24N4O3S. The van der Waals surface area contributed by atoms with E-state index < -0.39 is 4.92 Å². The maximum Gasteiger partial charge on any atom is 0.312 e. The van der Waals surface area contributed by atoms with Crippen LogP contribution in [0.4, 0.5) is 5.69 Å². The van der Waals surface area contributed by atoms with Crippen LogP contribution in [0, 0.1) is 24.0 Å². The van der Waals surface area contributed by atoms with Gasteiger partial charge in [-0.25, -0.2) is 0 Å². The van der Waals surface area contributed by atoms with Crippen LogP contribution in [0.15, 0.2) is 41.8 Å². The van der Waals surface area contributed by atoms with Crippen molar-refractivity contribution in [1.82, 2.24) is 15.1 Å². The summed E-state index contributed by atoms with van der Waals surface area (Å²) in [5.74, 6) is -0.249. The highest BCUT2D eigenvalue weighted by Crippen LogP contribution is 2.27. The summed E-state index contributed by atoms with van der Waals surface area (Å²) in [4.78, 5) is 24.5. The number of aryl methyl sites for hydroxylation is 2. The molecule has 1 unspecified atom stereocenters. The van der Waals surface area contributed by atoms with Gasteiger partial charge in [-0.2, -0.15) is 5.10 Å². The van der Waals surface area contributed by atoms with Crippen LogP contribution in [-0.4, -0.2) is 20.6 Å². The number of nitrogens with one attached hydrogen (secondary N) is 1. The third-order valence-corrected chi connectivity index (χ3v) is 5.74. The first-order valence-electron chi connectivity index (χ1n) is 9.50. The summed E-state index contributed by atoms with van der Waals surface area (Å²) in [5.41, 5.74) is 2.91. The number of rotatable bonds is 8. The van der Waals surface area contributed by atoms with E-state index in [1.54, 1.807) is 25.2 Å². The fourth-order valence-electron chi connectivity index (χ4n) is 3.39. The van der Waals surface area contributed by atoms with Crippen molar-refractivity contribution >= 4 is 22.9 Å². The molecule has 0 aliphatic heterocycles. The number of benzene rings is 1. The number of amides is 1. The van der Waals surface area contributed by atoms with Crippen LogP contribution in [0.5, 0.6) is 0 Å². The Balaban J connectivity index is 1.81. The Labute approximate surface area is 173 Å². The average molecular weight is 413 g/mol. The molecule has 152 valence electrons. The molecule has 7 nitrogen and oxygen atoms in total. The second-order valence-corrected chi connectivity index (χ2v) is 7.92. The van der Waals surface area contributed by atoms with Crippen molar-refractivity contribution in [1.29, 1.82) is 0 Å². The molecule has 0 spiro atoms. The van der Waals surface area contributed by atoms with E-state index in [2.05, 4.69) is 29.5 Å².